The van der Waals surface area contributed by atoms with E-state index in [0.29, 0.717) is 5.19 Å². The van der Waals surface area contributed by atoms with Gasteiger partial charge in [0.05, 0.1) is 0 Å². The van der Waals surface area contributed by atoms with Gasteiger partial charge in [0.15, 0.2) is 5.82 Å². The number of hydrogen-bond acceptors (Lipinski definition) is 5. The molecule has 3 rings (SSSR count). The summed E-state index contributed by atoms with van der Waals surface area (Å²) < 4.78 is 10.7. The molecular weight excluding hydrogens is 462 g/mol. The van der Waals surface area contributed by atoms with Crippen LogP contribution in [0.25, 0.3) is 11.4 Å². The summed E-state index contributed by atoms with van der Waals surface area (Å²) in [5, 5.41) is 0.589. The van der Waals surface area contributed by atoms with Crippen LogP contribution in [0.1, 0.15) is 68.2 Å². The van der Waals surface area contributed by atoms with Gasteiger partial charge in [-0.15, -0.1) is 12.4 Å². The Hall–Kier alpha value is -1.95. The predicted octanol–water partition coefficient (Wildman–Crippen LogP) is 8.04. The lowest BCUT2D eigenvalue weighted by Crippen LogP contribution is -2.20. The van der Waals surface area contributed by atoms with Crippen molar-refractivity contribution in [3.05, 3.63) is 58.7 Å². The molecule has 6 heteroatoms. The van der Waals surface area contributed by atoms with E-state index in [1.807, 2.05) is 0 Å². The van der Waals surface area contributed by atoms with Crippen molar-refractivity contribution in [2.24, 2.45) is 0 Å². The van der Waals surface area contributed by atoms with Gasteiger partial charge in [0.1, 0.15) is 5.75 Å². The molecule has 3 aromatic rings. The van der Waals surface area contributed by atoms with Gasteiger partial charge in [0.25, 0.3) is 5.19 Å². The maximum Gasteiger partial charge on any atom is 0.299 e. The average molecular weight is 502 g/mol. The smallest absolute Gasteiger partial charge is 0.299 e. The number of hydrogen-bond donors (Lipinski definition) is 0. The zero-order chi connectivity index (χ0) is 23.6. The standard InChI is InChI=1S/C28H39N3OS.ClH/c1-6-8-9-10-11-12-23-13-15-24(16-14-23)27-29-28(33-30-27)32-26-20-21(3)25(19-22(26)4)17-18-31(5)7-2;/h13-16,19-20H,6-12,17-18H2,1-5H3;1H. The van der Waals surface area contributed by atoms with E-state index in [4.69, 9.17) is 4.74 Å². The number of halogens is 1. The van der Waals surface area contributed by atoms with Crippen LogP contribution in [0, 0.1) is 13.8 Å². The minimum Gasteiger partial charge on any atom is -0.430 e. The summed E-state index contributed by atoms with van der Waals surface area (Å²) >= 11 is 1.31. The molecule has 0 amide bonds. The second-order valence-electron chi connectivity index (χ2n) is 9.04. The third-order valence-corrected chi connectivity index (χ3v) is 6.92. The molecule has 0 bridgehead atoms. The molecule has 34 heavy (non-hydrogen) atoms. The van der Waals surface area contributed by atoms with Crippen molar-refractivity contribution >= 4 is 23.9 Å². The Labute approximate surface area is 216 Å². The zero-order valence-corrected chi connectivity index (χ0v) is 23.0. The van der Waals surface area contributed by atoms with Crippen LogP contribution in [0.2, 0.25) is 0 Å². The van der Waals surface area contributed by atoms with E-state index in [1.54, 1.807) is 0 Å². The fourth-order valence-corrected chi connectivity index (χ4v) is 4.48. The Balaban J connectivity index is 0.00000408. The summed E-state index contributed by atoms with van der Waals surface area (Å²) in [5.74, 6) is 1.60. The van der Waals surface area contributed by atoms with Gasteiger partial charge in [-0.25, -0.2) is 0 Å². The van der Waals surface area contributed by atoms with Crippen molar-refractivity contribution in [3.8, 4) is 22.3 Å². The molecule has 0 atom stereocenters. The third kappa shape index (κ3) is 8.37. The Morgan fingerprint density at radius 3 is 2.35 bits per heavy atom. The summed E-state index contributed by atoms with van der Waals surface area (Å²) in [6.07, 6.45) is 8.76. The first-order chi connectivity index (χ1) is 16.0. The van der Waals surface area contributed by atoms with Gasteiger partial charge in [-0.2, -0.15) is 9.36 Å². The van der Waals surface area contributed by atoms with Gasteiger partial charge in [0, 0.05) is 23.6 Å². The van der Waals surface area contributed by atoms with Gasteiger partial charge in [0.2, 0.25) is 0 Å². The van der Waals surface area contributed by atoms with E-state index in [0.717, 1.165) is 48.6 Å². The number of ether oxygens (including phenoxy) is 1. The monoisotopic (exact) mass is 501 g/mol. The molecule has 0 N–H and O–H groups in total. The van der Waals surface area contributed by atoms with Crippen LogP contribution in [0.15, 0.2) is 36.4 Å². The summed E-state index contributed by atoms with van der Waals surface area (Å²) in [5.41, 5.74) is 6.20. The lowest BCUT2D eigenvalue weighted by atomic mass is 10.0. The Morgan fingerprint density at radius 1 is 0.912 bits per heavy atom. The zero-order valence-electron chi connectivity index (χ0n) is 21.4. The lowest BCUT2D eigenvalue weighted by Gasteiger charge is -2.16. The molecule has 0 aliphatic heterocycles. The first-order valence-electron chi connectivity index (χ1n) is 12.4. The summed E-state index contributed by atoms with van der Waals surface area (Å²) in [6, 6.07) is 13.1. The molecule has 0 aliphatic rings. The number of aromatic nitrogens is 2. The minimum atomic E-state index is 0. The molecule has 2 aromatic carbocycles. The van der Waals surface area contributed by atoms with Crippen LogP contribution >= 0.6 is 23.9 Å². The fraction of sp³-hybridized carbons (Fsp3) is 0.500. The van der Waals surface area contributed by atoms with Crippen LogP contribution in [0.5, 0.6) is 10.9 Å². The van der Waals surface area contributed by atoms with Crippen molar-refractivity contribution in [1.29, 1.82) is 0 Å². The lowest BCUT2D eigenvalue weighted by molar-refractivity contribution is 0.357. The van der Waals surface area contributed by atoms with E-state index >= 15 is 0 Å². The Morgan fingerprint density at radius 2 is 1.65 bits per heavy atom. The predicted molar refractivity (Wildman–Crippen MR) is 148 cm³/mol. The van der Waals surface area contributed by atoms with E-state index in [2.05, 4.69) is 85.4 Å². The average Bonchev–Trinajstić information content (AvgIpc) is 3.29. The summed E-state index contributed by atoms with van der Waals surface area (Å²) in [7, 11) is 2.16. The van der Waals surface area contributed by atoms with Crippen LogP contribution in [0.4, 0.5) is 0 Å². The number of nitrogens with zero attached hydrogens (tertiary/aromatic N) is 3. The van der Waals surface area contributed by atoms with Crippen LogP contribution < -0.4 is 4.74 Å². The largest absolute Gasteiger partial charge is 0.430 e. The molecule has 0 saturated heterocycles. The highest BCUT2D eigenvalue weighted by molar-refractivity contribution is 7.07. The minimum absolute atomic E-state index is 0. The first-order valence-corrected chi connectivity index (χ1v) is 13.2. The van der Waals surface area contributed by atoms with Crippen molar-refractivity contribution in [1.82, 2.24) is 14.3 Å². The number of aryl methyl sites for hydroxylation is 3. The number of benzene rings is 2. The SMILES string of the molecule is CCCCCCCc1ccc(-c2nsc(Oc3cc(C)c(CCN(C)CC)cc3C)n2)cc1.Cl. The first kappa shape index (κ1) is 28.3. The quantitative estimate of drug-likeness (QED) is 0.222. The molecule has 0 radical (unpaired) electrons. The third-order valence-electron chi connectivity index (χ3n) is 6.32. The van der Waals surface area contributed by atoms with Crippen LogP contribution in [0.3, 0.4) is 0 Å². The molecule has 0 saturated carbocycles. The van der Waals surface area contributed by atoms with Gasteiger partial charge in [-0.05, 0) is 75.0 Å². The molecular formula is C28H40ClN3OS. The van der Waals surface area contributed by atoms with Gasteiger partial charge < -0.3 is 9.64 Å². The highest BCUT2D eigenvalue weighted by Crippen LogP contribution is 2.31. The van der Waals surface area contributed by atoms with E-state index in [1.165, 1.54) is 60.3 Å². The fourth-order valence-electron chi connectivity index (χ4n) is 3.91. The van der Waals surface area contributed by atoms with Crippen molar-refractivity contribution in [2.45, 2.75) is 72.6 Å². The molecule has 4 nitrogen and oxygen atoms in total. The van der Waals surface area contributed by atoms with Crippen molar-refractivity contribution in [2.75, 3.05) is 20.1 Å². The summed E-state index contributed by atoms with van der Waals surface area (Å²) in [6.45, 7) is 10.8. The maximum atomic E-state index is 6.14. The van der Waals surface area contributed by atoms with Crippen molar-refractivity contribution < 1.29 is 4.74 Å². The van der Waals surface area contributed by atoms with E-state index in [9.17, 15) is 0 Å². The van der Waals surface area contributed by atoms with Gasteiger partial charge >= 0.3 is 0 Å². The maximum absolute atomic E-state index is 6.14. The number of unbranched alkanes of at least 4 members (excludes halogenated alkanes) is 4. The van der Waals surface area contributed by atoms with Crippen LogP contribution in [-0.2, 0) is 12.8 Å². The molecule has 1 aromatic heterocycles. The van der Waals surface area contributed by atoms with Gasteiger partial charge in [-0.3, -0.25) is 0 Å². The molecule has 0 fully saturated rings. The Kier molecular flexibility index (Phi) is 12.0. The summed E-state index contributed by atoms with van der Waals surface area (Å²) in [4.78, 5) is 6.98. The van der Waals surface area contributed by atoms with E-state index in [-0.39, 0.29) is 12.4 Å². The molecule has 0 unspecified atom stereocenters. The number of likely N-dealkylation sites (N-methyl/N-ethyl adjacent to an activating group) is 1. The second kappa shape index (κ2) is 14.4. The highest BCUT2D eigenvalue weighted by atomic mass is 35.5. The molecule has 1 heterocycles. The molecule has 186 valence electrons. The number of rotatable bonds is 13. The molecule has 0 aliphatic carbocycles. The Bertz CT molecular complexity index is 1000. The van der Waals surface area contributed by atoms with Crippen LogP contribution in [-0.4, -0.2) is 34.4 Å². The van der Waals surface area contributed by atoms with Crippen molar-refractivity contribution in [3.63, 3.8) is 0 Å². The highest BCUT2D eigenvalue weighted by Gasteiger charge is 2.12. The molecule has 0 spiro atoms. The van der Waals surface area contributed by atoms with E-state index < -0.39 is 0 Å². The second-order valence-corrected chi connectivity index (χ2v) is 9.75. The normalized spacial score (nSPS) is 11.0. The van der Waals surface area contributed by atoms with Gasteiger partial charge in [-0.1, -0.05) is 69.9 Å². The topological polar surface area (TPSA) is 38.2 Å².